The van der Waals surface area contributed by atoms with E-state index in [1.165, 1.54) is 12.1 Å². The van der Waals surface area contributed by atoms with E-state index in [4.69, 9.17) is 5.73 Å². The van der Waals surface area contributed by atoms with Crippen molar-refractivity contribution in [2.24, 2.45) is 0 Å². The van der Waals surface area contributed by atoms with Crippen LogP contribution >= 0.6 is 0 Å². The van der Waals surface area contributed by atoms with Crippen LogP contribution in [0.2, 0.25) is 0 Å². The molecule has 0 bridgehead atoms. The van der Waals surface area contributed by atoms with Gasteiger partial charge in [-0.05, 0) is 146 Å². The highest BCUT2D eigenvalue weighted by Crippen LogP contribution is 2.30. The first-order valence-corrected chi connectivity index (χ1v) is 22.1. The number of nitrogens with two attached hydrogens (primary N) is 1. The number of nitro benzene ring substituents is 1. The van der Waals surface area contributed by atoms with Crippen LogP contribution in [0.25, 0.3) is 21.8 Å². The molecule has 2 amide bonds. The molecule has 15 heteroatoms. The van der Waals surface area contributed by atoms with Gasteiger partial charge in [0, 0.05) is 109 Å². The van der Waals surface area contributed by atoms with E-state index in [9.17, 15) is 19.7 Å². The largest absolute Gasteiger partial charge is 1.00 e. The second-order valence-electron chi connectivity index (χ2n) is 15.9. The minimum absolute atomic E-state index is 0. The summed E-state index contributed by atoms with van der Waals surface area (Å²) in [5.41, 5.74) is 17.4. The lowest BCUT2D eigenvalue weighted by molar-refractivity contribution is -0.384. The second-order valence-corrected chi connectivity index (χ2v) is 15.9. The van der Waals surface area contributed by atoms with Crippen molar-refractivity contribution in [1.29, 1.82) is 0 Å². The van der Waals surface area contributed by atoms with E-state index in [1.54, 1.807) is 60.9 Å². The van der Waals surface area contributed by atoms with E-state index in [0.717, 1.165) is 67.5 Å². The van der Waals surface area contributed by atoms with Gasteiger partial charge in [-0.1, -0.05) is 48.5 Å². The van der Waals surface area contributed by atoms with Crippen molar-refractivity contribution in [2.75, 3.05) is 37.6 Å². The number of anilines is 11. The molecular weight excluding hydrogens is 912 g/mol. The smallest absolute Gasteiger partial charge is 0.271 e. The Hall–Kier alpha value is -9.79. The fourth-order valence-corrected chi connectivity index (χ4v) is 7.49. The molecule has 0 saturated carbocycles. The third-order valence-electron chi connectivity index (χ3n) is 10.9. The number of nitrogens with one attached hydrogen (secondary N) is 6. The number of para-hydroxylation sites is 2. The molecule has 0 aliphatic rings. The number of hydrogen-bond acceptors (Lipinski definition) is 11. The van der Waals surface area contributed by atoms with Crippen LogP contribution in [0.15, 0.2) is 219 Å². The quantitative estimate of drug-likeness (QED) is 0.0329. The first kappa shape index (κ1) is 47.7. The number of carbonyl (C=O) groups is 2. The van der Waals surface area contributed by atoms with Crippen LogP contribution in [0.4, 0.5) is 68.2 Å². The lowest BCUT2D eigenvalue weighted by Gasteiger charge is -2.11. The van der Waals surface area contributed by atoms with Crippen molar-refractivity contribution >= 4 is 102 Å². The van der Waals surface area contributed by atoms with E-state index in [-0.39, 0.29) is 29.9 Å². The number of nitrogen functional groups attached to an aromatic ring is 1. The van der Waals surface area contributed by atoms with Crippen LogP contribution in [0.3, 0.4) is 0 Å². The molecule has 10 aromatic rings. The standard InChI is InChI=1S/C28H21N5O3.C28H23N5O.ClH/c34-28(32-23-8-4-7-22(17-23)30-20-5-2-1-3-6-20)19-9-11-21(12-10-19)31-26-15-16-29-27-18-24(33(35)36)13-14-25(26)27;29-20-11-14-25-26(15-16-30-27(25)17-20)32-22-12-9-19(10-13-22)28(34)33-24-8-4-7-23(18-24)31-21-5-2-1-3-6-21;/h1-18,30H,(H,29,31)(H,32,34);1-18,31H,29H2,(H,30,32)(H,33,34);1H/p-1. The molecule has 0 aliphatic carbocycles. The molecule has 14 nitrogen and oxygen atoms in total. The van der Waals surface area contributed by atoms with Gasteiger partial charge in [-0.3, -0.25) is 29.7 Å². The van der Waals surface area contributed by atoms with Crippen LogP contribution in [0.5, 0.6) is 0 Å². The van der Waals surface area contributed by atoms with Crippen molar-refractivity contribution in [3.8, 4) is 0 Å². The van der Waals surface area contributed by atoms with E-state index < -0.39 is 4.92 Å². The monoisotopic (exact) mass is 955 g/mol. The van der Waals surface area contributed by atoms with Gasteiger partial charge in [-0.2, -0.15) is 0 Å². The topological polar surface area (TPSA) is 201 Å². The fourth-order valence-electron chi connectivity index (χ4n) is 7.49. The molecule has 10 rings (SSSR count). The number of aromatic nitrogens is 2. The number of nitrogens with zero attached hydrogens (tertiary/aromatic N) is 3. The van der Waals surface area contributed by atoms with Gasteiger partial charge >= 0.3 is 0 Å². The number of rotatable bonds is 13. The summed E-state index contributed by atoms with van der Waals surface area (Å²) in [6.07, 6.45) is 3.34. The Bertz CT molecular complexity index is 3470. The van der Waals surface area contributed by atoms with Gasteiger partial charge in [0.25, 0.3) is 17.5 Å². The predicted molar refractivity (Wildman–Crippen MR) is 282 cm³/mol. The van der Waals surface area contributed by atoms with Gasteiger partial charge < -0.3 is 50.0 Å². The molecule has 0 atom stereocenters. The normalized spacial score (nSPS) is 10.4. The summed E-state index contributed by atoms with van der Waals surface area (Å²) in [5, 5.41) is 32.0. The van der Waals surface area contributed by atoms with Crippen molar-refractivity contribution in [3.05, 3.63) is 240 Å². The van der Waals surface area contributed by atoms with Crippen LogP contribution in [-0.4, -0.2) is 26.7 Å². The number of non-ortho nitro benzene ring substituents is 1. The summed E-state index contributed by atoms with van der Waals surface area (Å²) in [4.78, 5) is 44.8. The van der Waals surface area contributed by atoms with E-state index in [1.807, 2.05) is 146 Å². The summed E-state index contributed by atoms with van der Waals surface area (Å²) in [6, 6.07) is 63.2. The molecule has 2 aromatic heterocycles. The van der Waals surface area contributed by atoms with Gasteiger partial charge in [0.2, 0.25) is 0 Å². The molecule has 0 unspecified atom stereocenters. The Morgan fingerprint density at radius 3 is 1.30 bits per heavy atom. The molecule has 8 N–H and O–H groups in total. The Labute approximate surface area is 414 Å². The number of halogens is 1. The number of carbonyl (C=O) groups excluding carboxylic acids is 2. The molecule has 350 valence electrons. The van der Waals surface area contributed by atoms with Crippen molar-refractivity contribution < 1.29 is 26.9 Å². The average Bonchev–Trinajstić information content (AvgIpc) is 3.38. The van der Waals surface area contributed by atoms with E-state index in [0.29, 0.717) is 28.0 Å². The van der Waals surface area contributed by atoms with E-state index in [2.05, 4.69) is 41.9 Å². The Balaban J connectivity index is 0.000000188. The molecule has 0 spiro atoms. The number of amides is 2. The third-order valence-corrected chi connectivity index (χ3v) is 10.9. The molecule has 0 radical (unpaired) electrons. The minimum atomic E-state index is -0.443. The number of nitro groups is 1. The molecule has 2 heterocycles. The van der Waals surface area contributed by atoms with Crippen LogP contribution < -0.4 is 50.0 Å². The van der Waals surface area contributed by atoms with Gasteiger partial charge in [0.15, 0.2) is 0 Å². The Kier molecular flexibility index (Phi) is 15.0. The fraction of sp³-hybridized carbons (Fsp3) is 0. The highest BCUT2D eigenvalue weighted by atomic mass is 35.5. The second kappa shape index (κ2) is 22.3. The SMILES string of the molecule is Nc1ccc2c(Nc3ccc(C(=O)Nc4cccc(Nc5ccccc5)c4)cc3)ccnc2c1.O=C(Nc1cccc(Nc2ccccc2)c1)c1ccc(Nc2ccnc3cc([N+](=O)[O-])ccc23)cc1.[Cl-]. The number of hydrogen-bond donors (Lipinski definition) is 7. The van der Waals surface area contributed by atoms with Crippen LogP contribution in [-0.2, 0) is 0 Å². The number of fused-ring (bicyclic) bond motifs is 2. The first-order chi connectivity index (χ1) is 34.2. The number of pyridine rings is 2. The minimum Gasteiger partial charge on any atom is -1.00 e. The van der Waals surface area contributed by atoms with Gasteiger partial charge in [0.1, 0.15) is 0 Å². The number of benzene rings is 8. The van der Waals surface area contributed by atoms with Crippen molar-refractivity contribution in [2.45, 2.75) is 0 Å². The highest BCUT2D eigenvalue weighted by molar-refractivity contribution is 6.06. The lowest BCUT2D eigenvalue weighted by atomic mass is 10.1. The molecular formula is C56H44ClN10O4-. The molecule has 71 heavy (non-hydrogen) atoms. The zero-order valence-corrected chi connectivity index (χ0v) is 38.5. The Morgan fingerprint density at radius 1 is 0.423 bits per heavy atom. The predicted octanol–water partition coefficient (Wildman–Crippen LogP) is 10.4. The first-order valence-electron chi connectivity index (χ1n) is 22.1. The highest BCUT2D eigenvalue weighted by Gasteiger charge is 2.12. The average molecular weight is 956 g/mol. The van der Waals surface area contributed by atoms with Gasteiger partial charge in [0.05, 0.1) is 16.0 Å². The maximum atomic E-state index is 12.8. The molecule has 0 saturated heterocycles. The Morgan fingerprint density at radius 2 is 0.831 bits per heavy atom. The zero-order chi connectivity index (χ0) is 48.2. The summed E-state index contributed by atoms with van der Waals surface area (Å²) in [5.74, 6) is -0.395. The summed E-state index contributed by atoms with van der Waals surface area (Å²) >= 11 is 0. The molecule has 0 fully saturated rings. The summed E-state index contributed by atoms with van der Waals surface area (Å²) in [6.45, 7) is 0. The summed E-state index contributed by atoms with van der Waals surface area (Å²) in [7, 11) is 0. The van der Waals surface area contributed by atoms with Crippen molar-refractivity contribution in [1.82, 2.24) is 9.97 Å². The third kappa shape index (κ3) is 12.4. The zero-order valence-electron chi connectivity index (χ0n) is 37.7. The maximum absolute atomic E-state index is 12.8. The van der Waals surface area contributed by atoms with Crippen LogP contribution in [0.1, 0.15) is 20.7 Å². The van der Waals surface area contributed by atoms with Crippen LogP contribution in [0, 0.1) is 10.1 Å². The molecule has 8 aromatic carbocycles. The van der Waals surface area contributed by atoms with E-state index >= 15 is 0 Å². The summed E-state index contributed by atoms with van der Waals surface area (Å²) < 4.78 is 0. The molecule has 0 aliphatic heterocycles. The van der Waals surface area contributed by atoms with Gasteiger partial charge in [-0.15, -0.1) is 0 Å². The lowest BCUT2D eigenvalue weighted by Crippen LogP contribution is -3.00. The van der Waals surface area contributed by atoms with Gasteiger partial charge in [-0.25, -0.2) is 0 Å². The maximum Gasteiger partial charge on any atom is 0.271 e. The van der Waals surface area contributed by atoms with Crippen molar-refractivity contribution in [3.63, 3.8) is 0 Å².